The summed E-state index contributed by atoms with van der Waals surface area (Å²) in [4.78, 5) is 22.5. The smallest absolute Gasteiger partial charge is 0.254 e. The summed E-state index contributed by atoms with van der Waals surface area (Å²) in [7, 11) is 0. The first-order valence-corrected chi connectivity index (χ1v) is 8.46. The van der Waals surface area contributed by atoms with E-state index in [1.165, 1.54) is 11.8 Å². The zero-order valence-electron chi connectivity index (χ0n) is 13.9. The van der Waals surface area contributed by atoms with Crippen LogP contribution in [0.1, 0.15) is 40.4 Å². The fraction of sp³-hybridized carbons (Fsp3) is 0.333. The average Bonchev–Trinajstić information content (AvgIpc) is 3.07. The Bertz CT molecular complexity index is 891. The highest BCUT2D eigenvalue weighted by Gasteiger charge is 2.24. The Hall–Kier alpha value is -2.80. The quantitative estimate of drug-likeness (QED) is 0.782. The molecule has 128 valence electrons. The molecule has 4 rings (SSSR count). The van der Waals surface area contributed by atoms with Gasteiger partial charge in [0.15, 0.2) is 5.65 Å². The molecule has 0 saturated carbocycles. The van der Waals surface area contributed by atoms with Crippen molar-refractivity contribution in [2.24, 2.45) is 5.73 Å². The molecule has 1 fully saturated rings. The molecule has 7 heteroatoms. The molecular formula is C18H20N6O. The standard InChI is InChI=1S/C18H20N6O/c19-17(25)15-10-22-24-16(5-7-21-18(15)24)14-4-2-8-23(12-14)11-13-3-1-6-20-9-13/h1,3,5-7,9-10,14H,2,4,8,11-12H2,(H2,19,25)/t14-/m0/s1. The molecule has 1 aliphatic rings. The summed E-state index contributed by atoms with van der Waals surface area (Å²) in [6.07, 6.45) is 9.17. The number of hydrogen-bond acceptors (Lipinski definition) is 5. The molecule has 4 heterocycles. The molecule has 7 nitrogen and oxygen atoms in total. The summed E-state index contributed by atoms with van der Waals surface area (Å²) < 4.78 is 1.76. The van der Waals surface area contributed by atoms with Gasteiger partial charge in [0.05, 0.1) is 11.9 Å². The second-order valence-corrected chi connectivity index (χ2v) is 6.46. The number of nitrogens with zero attached hydrogens (tertiary/aromatic N) is 5. The molecule has 1 aliphatic heterocycles. The van der Waals surface area contributed by atoms with Gasteiger partial charge in [0.25, 0.3) is 5.91 Å². The van der Waals surface area contributed by atoms with Gasteiger partial charge in [0, 0.05) is 37.6 Å². The average molecular weight is 336 g/mol. The third-order valence-electron chi connectivity index (χ3n) is 4.75. The molecule has 0 unspecified atom stereocenters. The first-order chi connectivity index (χ1) is 12.2. The number of primary amides is 1. The Labute approximate surface area is 145 Å². The topological polar surface area (TPSA) is 89.4 Å². The molecule has 25 heavy (non-hydrogen) atoms. The van der Waals surface area contributed by atoms with Gasteiger partial charge in [0.1, 0.15) is 5.56 Å². The SMILES string of the molecule is NC(=O)c1cnn2c([C@H]3CCCN(Cc4cccnc4)C3)ccnc12. The number of pyridine rings is 1. The number of aromatic nitrogens is 4. The number of rotatable bonds is 4. The molecule has 0 bridgehead atoms. The van der Waals surface area contributed by atoms with Gasteiger partial charge in [-0.2, -0.15) is 5.10 Å². The van der Waals surface area contributed by atoms with Gasteiger partial charge in [-0.1, -0.05) is 6.07 Å². The van der Waals surface area contributed by atoms with Crippen LogP contribution in [0.3, 0.4) is 0 Å². The van der Waals surface area contributed by atoms with Gasteiger partial charge in [0.2, 0.25) is 0 Å². The molecule has 3 aromatic rings. The fourth-order valence-electron chi connectivity index (χ4n) is 3.58. The van der Waals surface area contributed by atoms with Crippen molar-refractivity contribution in [1.82, 2.24) is 24.5 Å². The van der Waals surface area contributed by atoms with Crippen molar-refractivity contribution in [1.29, 1.82) is 0 Å². The molecule has 0 radical (unpaired) electrons. The summed E-state index contributed by atoms with van der Waals surface area (Å²) in [6.45, 7) is 2.91. The summed E-state index contributed by atoms with van der Waals surface area (Å²) >= 11 is 0. The molecule has 0 aliphatic carbocycles. The number of piperidine rings is 1. The predicted octanol–water partition coefficient (Wildman–Crippen LogP) is 1.60. The lowest BCUT2D eigenvalue weighted by atomic mass is 9.94. The number of carbonyl (C=O) groups excluding carboxylic acids is 1. The largest absolute Gasteiger partial charge is 0.365 e. The molecule has 1 atom stereocenters. The maximum Gasteiger partial charge on any atom is 0.254 e. The third-order valence-corrected chi connectivity index (χ3v) is 4.75. The van der Waals surface area contributed by atoms with E-state index in [4.69, 9.17) is 5.73 Å². The Kier molecular flexibility index (Phi) is 4.15. The molecule has 0 aromatic carbocycles. The second kappa shape index (κ2) is 6.60. The van der Waals surface area contributed by atoms with Crippen LogP contribution in [0, 0.1) is 0 Å². The maximum absolute atomic E-state index is 11.5. The minimum absolute atomic E-state index is 0.344. The van der Waals surface area contributed by atoms with Crippen molar-refractivity contribution in [2.75, 3.05) is 13.1 Å². The van der Waals surface area contributed by atoms with Crippen LogP contribution in [0.15, 0.2) is 43.0 Å². The van der Waals surface area contributed by atoms with E-state index in [1.54, 1.807) is 16.9 Å². The lowest BCUT2D eigenvalue weighted by molar-refractivity contribution is 0.100. The van der Waals surface area contributed by atoms with E-state index >= 15 is 0 Å². The Morgan fingerprint density at radius 3 is 3.00 bits per heavy atom. The van der Waals surface area contributed by atoms with Crippen molar-refractivity contribution in [3.63, 3.8) is 0 Å². The molecular weight excluding hydrogens is 316 g/mol. The van der Waals surface area contributed by atoms with Crippen LogP contribution in [0.5, 0.6) is 0 Å². The minimum atomic E-state index is -0.499. The van der Waals surface area contributed by atoms with Crippen LogP contribution in [-0.4, -0.2) is 43.5 Å². The highest BCUT2D eigenvalue weighted by atomic mass is 16.1. The molecule has 1 amide bonds. The van der Waals surface area contributed by atoms with E-state index in [2.05, 4.69) is 26.0 Å². The van der Waals surface area contributed by atoms with Gasteiger partial charge in [-0.3, -0.25) is 14.7 Å². The van der Waals surface area contributed by atoms with Crippen molar-refractivity contribution in [3.05, 3.63) is 59.8 Å². The van der Waals surface area contributed by atoms with E-state index in [0.717, 1.165) is 38.2 Å². The maximum atomic E-state index is 11.5. The molecule has 0 spiro atoms. The van der Waals surface area contributed by atoms with Gasteiger partial charge in [-0.25, -0.2) is 9.50 Å². The van der Waals surface area contributed by atoms with Crippen molar-refractivity contribution < 1.29 is 4.79 Å². The van der Waals surface area contributed by atoms with E-state index in [-0.39, 0.29) is 0 Å². The Balaban J connectivity index is 1.59. The van der Waals surface area contributed by atoms with Gasteiger partial charge >= 0.3 is 0 Å². The minimum Gasteiger partial charge on any atom is -0.365 e. The van der Waals surface area contributed by atoms with E-state index < -0.39 is 5.91 Å². The van der Waals surface area contributed by atoms with E-state index in [9.17, 15) is 4.79 Å². The van der Waals surface area contributed by atoms with Crippen LogP contribution >= 0.6 is 0 Å². The molecule has 3 aromatic heterocycles. The molecule has 1 saturated heterocycles. The van der Waals surface area contributed by atoms with Crippen LogP contribution in [0.25, 0.3) is 5.65 Å². The molecule has 2 N–H and O–H groups in total. The summed E-state index contributed by atoms with van der Waals surface area (Å²) in [5.41, 5.74) is 8.61. The van der Waals surface area contributed by atoms with Crippen molar-refractivity contribution in [2.45, 2.75) is 25.3 Å². The zero-order valence-corrected chi connectivity index (χ0v) is 13.9. The fourth-order valence-corrected chi connectivity index (χ4v) is 3.58. The van der Waals surface area contributed by atoms with Crippen LogP contribution in [0.2, 0.25) is 0 Å². The highest BCUT2D eigenvalue weighted by molar-refractivity contribution is 5.98. The first-order valence-electron chi connectivity index (χ1n) is 8.46. The second-order valence-electron chi connectivity index (χ2n) is 6.46. The summed E-state index contributed by atoms with van der Waals surface area (Å²) in [6, 6.07) is 6.06. The number of carbonyl (C=O) groups is 1. The van der Waals surface area contributed by atoms with Crippen LogP contribution < -0.4 is 5.73 Å². The van der Waals surface area contributed by atoms with Crippen molar-refractivity contribution >= 4 is 11.6 Å². The number of hydrogen-bond donors (Lipinski definition) is 1. The first kappa shape index (κ1) is 15.7. The van der Waals surface area contributed by atoms with Gasteiger partial charge < -0.3 is 5.73 Å². The van der Waals surface area contributed by atoms with Crippen molar-refractivity contribution in [3.8, 4) is 0 Å². The van der Waals surface area contributed by atoms with E-state index in [0.29, 0.717) is 17.1 Å². The predicted molar refractivity (Wildman–Crippen MR) is 93.0 cm³/mol. The van der Waals surface area contributed by atoms with E-state index in [1.807, 2.05) is 18.3 Å². The third kappa shape index (κ3) is 3.10. The lowest BCUT2D eigenvalue weighted by Gasteiger charge is -2.32. The normalized spacial score (nSPS) is 18.5. The number of amides is 1. The monoisotopic (exact) mass is 336 g/mol. The number of fused-ring (bicyclic) bond motifs is 1. The Morgan fingerprint density at radius 2 is 2.20 bits per heavy atom. The number of likely N-dealkylation sites (tertiary alicyclic amines) is 1. The summed E-state index contributed by atoms with van der Waals surface area (Å²) in [5, 5.41) is 4.35. The highest BCUT2D eigenvalue weighted by Crippen LogP contribution is 2.28. The zero-order chi connectivity index (χ0) is 17.2. The summed E-state index contributed by atoms with van der Waals surface area (Å²) in [5.74, 6) is -0.155. The lowest BCUT2D eigenvalue weighted by Crippen LogP contribution is -2.34. The van der Waals surface area contributed by atoms with Crippen LogP contribution in [-0.2, 0) is 6.54 Å². The number of nitrogens with two attached hydrogens (primary N) is 1. The van der Waals surface area contributed by atoms with Gasteiger partial charge in [-0.15, -0.1) is 0 Å². The Morgan fingerprint density at radius 1 is 1.28 bits per heavy atom. The van der Waals surface area contributed by atoms with Crippen LogP contribution in [0.4, 0.5) is 0 Å². The van der Waals surface area contributed by atoms with Gasteiger partial charge in [-0.05, 0) is 37.1 Å².